The lowest BCUT2D eigenvalue weighted by atomic mass is 10.2. The summed E-state index contributed by atoms with van der Waals surface area (Å²) in [6.45, 7) is 7.62. The number of carbonyl (C=O) groups is 2. The lowest BCUT2D eigenvalue weighted by Gasteiger charge is -2.27. The molecule has 1 N–H and O–H groups in total. The fraction of sp³-hybridized carbons (Fsp3) is 0.474. The number of benzene rings is 1. The van der Waals surface area contributed by atoms with Gasteiger partial charge < -0.3 is 19.7 Å². The smallest absolute Gasteiger partial charge is 0.340 e. The Hall–Kier alpha value is -2.59. The Morgan fingerprint density at radius 1 is 1.21 bits per heavy atom. The van der Waals surface area contributed by atoms with Crippen LogP contribution in [0.2, 0.25) is 0 Å². The number of hydrogen-bond acceptors (Lipinski definition) is 8. The van der Waals surface area contributed by atoms with Gasteiger partial charge in [0.25, 0.3) is 0 Å². The number of amides is 1. The number of carbonyl (C=O) groups excluding carboxylic acids is 2. The summed E-state index contributed by atoms with van der Waals surface area (Å²) in [4.78, 5) is 26.6. The maximum absolute atomic E-state index is 12.5. The molecule has 0 unspecified atom stereocenters. The number of nitrogens with one attached hydrogen (secondary N) is 1. The molecule has 0 saturated carbocycles. The molecule has 1 saturated heterocycles. The van der Waals surface area contributed by atoms with Crippen LogP contribution in [0.5, 0.6) is 0 Å². The first-order valence-corrected chi connectivity index (χ1v) is 10.6. The number of para-hydroxylation sites is 1. The molecule has 1 aromatic heterocycles. The number of anilines is 2. The first kappa shape index (κ1) is 21.1. The molecule has 10 heteroatoms. The van der Waals surface area contributed by atoms with Crippen LogP contribution in [0.25, 0.3) is 0 Å². The highest BCUT2D eigenvalue weighted by molar-refractivity contribution is 7.99. The Morgan fingerprint density at radius 2 is 1.97 bits per heavy atom. The van der Waals surface area contributed by atoms with Gasteiger partial charge >= 0.3 is 5.97 Å². The van der Waals surface area contributed by atoms with Crippen LogP contribution in [0.1, 0.15) is 24.2 Å². The van der Waals surface area contributed by atoms with Crippen LogP contribution >= 0.6 is 11.8 Å². The highest BCUT2D eigenvalue weighted by atomic mass is 32.2. The molecular weight excluding hydrogens is 394 g/mol. The van der Waals surface area contributed by atoms with Crippen LogP contribution in [0.3, 0.4) is 0 Å². The Kier molecular flexibility index (Phi) is 7.48. The number of ether oxygens (including phenoxy) is 2. The quantitative estimate of drug-likeness (QED) is 0.513. The van der Waals surface area contributed by atoms with E-state index in [1.54, 1.807) is 31.2 Å². The SMILES string of the molecule is CCOC(=O)c1ccccc1NC(=O)CSc1nnc(N2CCOCC2)n1CC. The number of nitrogens with zero attached hydrogens (tertiary/aromatic N) is 4. The van der Waals surface area contributed by atoms with E-state index in [0.717, 1.165) is 19.0 Å². The zero-order chi connectivity index (χ0) is 20.6. The van der Waals surface area contributed by atoms with E-state index in [1.165, 1.54) is 11.8 Å². The van der Waals surface area contributed by atoms with Crippen LogP contribution < -0.4 is 10.2 Å². The van der Waals surface area contributed by atoms with Gasteiger partial charge in [0.15, 0.2) is 5.16 Å². The van der Waals surface area contributed by atoms with E-state index in [2.05, 4.69) is 20.4 Å². The van der Waals surface area contributed by atoms with Crippen LogP contribution in [0, 0.1) is 0 Å². The van der Waals surface area contributed by atoms with Gasteiger partial charge in [-0.3, -0.25) is 9.36 Å². The number of aromatic nitrogens is 3. The molecule has 1 aliphatic rings. The lowest BCUT2D eigenvalue weighted by Crippen LogP contribution is -2.38. The molecule has 0 aliphatic carbocycles. The normalized spacial score (nSPS) is 13.9. The topological polar surface area (TPSA) is 98.6 Å². The Morgan fingerprint density at radius 3 is 2.69 bits per heavy atom. The van der Waals surface area contributed by atoms with Gasteiger partial charge in [-0.25, -0.2) is 4.79 Å². The second kappa shape index (κ2) is 10.3. The summed E-state index contributed by atoms with van der Waals surface area (Å²) in [5.41, 5.74) is 0.765. The highest BCUT2D eigenvalue weighted by Gasteiger charge is 2.21. The molecule has 0 bridgehead atoms. The first-order chi connectivity index (χ1) is 14.1. The fourth-order valence-corrected chi connectivity index (χ4v) is 3.75. The second-order valence-electron chi connectivity index (χ2n) is 6.23. The molecule has 0 radical (unpaired) electrons. The summed E-state index contributed by atoms with van der Waals surface area (Å²) in [7, 11) is 0. The van der Waals surface area contributed by atoms with Gasteiger partial charge in [0.1, 0.15) is 0 Å². The van der Waals surface area contributed by atoms with Gasteiger partial charge in [0.2, 0.25) is 11.9 Å². The number of esters is 1. The summed E-state index contributed by atoms with van der Waals surface area (Å²) in [6, 6.07) is 6.80. The van der Waals surface area contributed by atoms with E-state index in [9.17, 15) is 9.59 Å². The zero-order valence-corrected chi connectivity index (χ0v) is 17.4. The molecule has 29 heavy (non-hydrogen) atoms. The molecule has 2 heterocycles. The third-order valence-corrected chi connectivity index (χ3v) is 5.30. The summed E-state index contributed by atoms with van der Waals surface area (Å²) < 4.78 is 12.4. The van der Waals surface area contributed by atoms with Crippen molar-refractivity contribution < 1.29 is 19.1 Å². The fourth-order valence-electron chi connectivity index (χ4n) is 2.96. The van der Waals surface area contributed by atoms with Crippen molar-refractivity contribution in [3.63, 3.8) is 0 Å². The van der Waals surface area contributed by atoms with Crippen molar-refractivity contribution >= 4 is 35.3 Å². The van der Waals surface area contributed by atoms with Gasteiger partial charge in [-0.2, -0.15) is 0 Å². The number of thioether (sulfide) groups is 1. The van der Waals surface area contributed by atoms with Crippen molar-refractivity contribution in [3.05, 3.63) is 29.8 Å². The molecule has 1 aliphatic heterocycles. The molecule has 1 amide bonds. The average molecular weight is 420 g/mol. The van der Waals surface area contributed by atoms with E-state index in [4.69, 9.17) is 9.47 Å². The predicted octanol–water partition coefficient (Wildman–Crippen LogP) is 2.04. The molecule has 3 rings (SSSR count). The second-order valence-corrected chi connectivity index (χ2v) is 7.17. The van der Waals surface area contributed by atoms with Crippen molar-refractivity contribution in [2.45, 2.75) is 25.5 Å². The van der Waals surface area contributed by atoms with Gasteiger partial charge in [-0.15, -0.1) is 10.2 Å². The molecule has 1 aromatic carbocycles. The minimum absolute atomic E-state index is 0.151. The average Bonchev–Trinajstić information content (AvgIpc) is 3.16. The van der Waals surface area contributed by atoms with E-state index < -0.39 is 5.97 Å². The summed E-state index contributed by atoms with van der Waals surface area (Å²) in [5, 5.41) is 12.0. The predicted molar refractivity (Wildman–Crippen MR) is 110 cm³/mol. The summed E-state index contributed by atoms with van der Waals surface area (Å²) >= 11 is 1.31. The zero-order valence-electron chi connectivity index (χ0n) is 16.6. The molecule has 0 spiro atoms. The number of hydrogen-bond donors (Lipinski definition) is 1. The summed E-state index contributed by atoms with van der Waals surface area (Å²) in [6.07, 6.45) is 0. The molecule has 0 atom stereocenters. The van der Waals surface area contributed by atoms with E-state index >= 15 is 0 Å². The van der Waals surface area contributed by atoms with Gasteiger partial charge in [0.05, 0.1) is 36.8 Å². The molecular formula is C19H25N5O4S. The summed E-state index contributed by atoms with van der Waals surface area (Å²) in [5.74, 6) is 0.256. The van der Waals surface area contributed by atoms with E-state index in [-0.39, 0.29) is 18.3 Å². The van der Waals surface area contributed by atoms with Crippen molar-refractivity contribution in [1.29, 1.82) is 0 Å². The van der Waals surface area contributed by atoms with Gasteiger partial charge in [-0.1, -0.05) is 23.9 Å². The first-order valence-electron chi connectivity index (χ1n) is 9.58. The minimum atomic E-state index is -0.461. The Bertz CT molecular complexity index is 851. The lowest BCUT2D eigenvalue weighted by molar-refractivity contribution is -0.113. The van der Waals surface area contributed by atoms with Crippen LogP contribution in [0.4, 0.5) is 11.6 Å². The largest absolute Gasteiger partial charge is 0.462 e. The maximum Gasteiger partial charge on any atom is 0.340 e. The molecule has 2 aromatic rings. The monoisotopic (exact) mass is 419 g/mol. The van der Waals surface area contributed by atoms with Gasteiger partial charge in [-0.05, 0) is 26.0 Å². The van der Waals surface area contributed by atoms with Crippen LogP contribution in [-0.2, 0) is 20.8 Å². The van der Waals surface area contributed by atoms with Crippen molar-refractivity contribution in [3.8, 4) is 0 Å². The van der Waals surface area contributed by atoms with Crippen molar-refractivity contribution in [2.24, 2.45) is 0 Å². The standard InChI is InChI=1S/C19H25N5O4S/c1-3-24-18(23-9-11-27-12-10-23)21-22-19(24)29-13-16(25)20-15-8-6-5-7-14(15)17(26)28-4-2/h5-8H,3-4,9-13H2,1-2H3,(H,20,25). The number of morpholine rings is 1. The minimum Gasteiger partial charge on any atom is -0.462 e. The molecule has 156 valence electrons. The number of rotatable bonds is 8. The third-order valence-electron chi connectivity index (χ3n) is 4.34. The Labute approximate surface area is 173 Å². The van der Waals surface area contributed by atoms with E-state index in [0.29, 0.717) is 36.2 Å². The third kappa shape index (κ3) is 5.27. The molecule has 9 nitrogen and oxygen atoms in total. The highest BCUT2D eigenvalue weighted by Crippen LogP contribution is 2.23. The van der Waals surface area contributed by atoms with Crippen molar-refractivity contribution in [1.82, 2.24) is 14.8 Å². The van der Waals surface area contributed by atoms with E-state index in [1.807, 2.05) is 11.5 Å². The van der Waals surface area contributed by atoms with Crippen LogP contribution in [0.15, 0.2) is 29.4 Å². The van der Waals surface area contributed by atoms with Crippen LogP contribution in [-0.4, -0.2) is 65.3 Å². The molecule has 1 fully saturated rings. The Balaban J connectivity index is 1.63. The van der Waals surface area contributed by atoms with Crippen molar-refractivity contribution in [2.75, 3.05) is 48.9 Å². The van der Waals surface area contributed by atoms with Gasteiger partial charge in [0, 0.05) is 19.6 Å². The maximum atomic E-state index is 12.5.